The van der Waals surface area contributed by atoms with Crippen LogP contribution in [0.2, 0.25) is 0 Å². The average Bonchev–Trinajstić information content (AvgIpc) is 1.85. The Bertz CT molecular complexity index is 300. The molecule has 0 saturated heterocycles. The second-order valence-electron chi connectivity index (χ2n) is 2.01. The van der Waals surface area contributed by atoms with E-state index in [1.165, 1.54) is 6.07 Å². The van der Waals surface area contributed by atoms with E-state index in [0.717, 1.165) is 12.1 Å². The number of rotatable bonds is 1. The zero-order chi connectivity index (χ0) is 8.43. The Morgan fingerprint density at radius 1 is 1.55 bits per heavy atom. The number of anilines is 1. The highest BCUT2D eigenvalue weighted by Crippen LogP contribution is 2.14. The van der Waals surface area contributed by atoms with Crippen LogP contribution in [-0.4, -0.2) is 5.24 Å². The van der Waals surface area contributed by atoms with Crippen LogP contribution in [0, 0.1) is 5.82 Å². The lowest BCUT2D eigenvalue weighted by molar-refractivity contribution is 0.108. The third-order valence-corrected chi connectivity index (χ3v) is 1.43. The molecule has 1 aromatic rings. The molecule has 0 bridgehead atoms. The zero-order valence-corrected chi connectivity index (χ0v) is 6.23. The molecule has 0 aliphatic rings. The monoisotopic (exact) mass is 173 g/mol. The van der Waals surface area contributed by atoms with E-state index in [2.05, 4.69) is 0 Å². The molecule has 0 spiro atoms. The van der Waals surface area contributed by atoms with Crippen molar-refractivity contribution in [2.24, 2.45) is 0 Å². The molecule has 0 aliphatic carbocycles. The molecule has 58 valence electrons. The van der Waals surface area contributed by atoms with Crippen molar-refractivity contribution in [3.8, 4) is 0 Å². The largest absolute Gasteiger partial charge is 0.398 e. The van der Waals surface area contributed by atoms with E-state index in [1.54, 1.807) is 0 Å². The van der Waals surface area contributed by atoms with Crippen LogP contribution >= 0.6 is 11.6 Å². The normalized spacial score (nSPS) is 9.64. The minimum atomic E-state index is -0.678. The summed E-state index contributed by atoms with van der Waals surface area (Å²) in [5.74, 6) is -0.482. The van der Waals surface area contributed by atoms with Gasteiger partial charge in [0, 0.05) is 5.69 Å². The Morgan fingerprint density at radius 3 is 2.64 bits per heavy atom. The van der Waals surface area contributed by atoms with Crippen molar-refractivity contribution in [3.63, 3.8) is 0 Å². The second kappa shape index (κ2) is 2.88. The Balaban J connectivity index is 3.20. The van der Waals surface area contributed by atoms with E-state index in [9.17, 15) is 9.18 Å². The second-order valence-corrected chi connectivity index (χ2v) is 2.35. The third kappa shape index (κ3) is 1.68. The molecule has 0 saturated carbocycles. The molecule has 0 amide bonds. The number of nitrogens with two attached hydrogens (primary N) is 1. The first kappa shape index (κ1) is 8.01. The highest BCUT2D eigenvalue weighted by Gasteiger charge is 2.06. The summed E-state index contributed by atoms with van der Waals surface area (Å²) in [6.45, 7) is 0. The van der Waals surface area contributed by atoms with Gasteiger partial charge in [-0.05, 0) is 29.8 Å². The van der Waals surface area contributed by atoms with Gasteiger partial charge in [-0.3, -0.25) is 4.79 Å². The summed E-state index contributed by atoms with van der Waals surface area (Å²) in [5.41, 5.74) is 5.47. The number of carbonyl (C=O) groups is 1. The topological polar surface area (TPSA) is 43.1 Å². The molecule has 0 heterocycles. The Morgan fingerprint density at radius 2 is 2.18 bits per heavy atom. The first-order valence-corrected chi connectivity index (χ1v) is 3.24. The zero-order valence-electron chi connectivity index (χ0n) is 5.47. The van der Waals surface area contributed by atoms with Gasteiger partial charge in [0.15, 0.2) is 0 Å². The summed E-state index contributed by atoms with van der Waals surface area (Å²) < 4.78 is 12.4. The third-order valence-electron chi connectivity index (χ3n) is 1.23. The quantitative estimate of drug-likeness (QED) is 0.520. The Hall–Kier alpha value is -1.09. The molecule has 0 aromatic heterocycles. The fraction of sp³-hybridized carbons (Fsp3) is 0. The summed E-state index contributed by atoms with van der Waals surface area (Å²) in [5, 5.41) is -0.678. The first-order valence-electron chi connectivity index (χ1n) is 2.86. The van der Waals surface area contributed by atoms with E-state index >= 15 is 0 Å². The van der Waals surface area contributed by atoms with Crippen molar-refractivity contribution < 1.29 is 9.18 Å². The van der Waals surface area contributed by atoms with Crippen LogP contribution in [0.15, 0.2) is 18.2 Å². The van der Waals surface area contributed by atoms with Crippen molar-refractivity contribution >= 4 is 22.5 Å². The van der Waals surface area contributed by atoms with E-state index in [0.29, 0.717) is 0 Å². The van der Waals surface area contributed by atoms with Gasteiger partial charge in [-0.2, -0.15) is 0 Å². The molecule has 1 aromatic carbocycles. The molecular formula is C7H5ClFNO. The van der Waals surface area contributed by atoms with E-state index in [1.807, 2.05) is 0 Å². The van der Waals surface area contributed by atoms with Crippen LogP contribution < -0.4 is 5.73 Å². The highest BCUT2D eigenvalue weighted by atomic mass is 35.5. The summed E-state index contributed by atoms with van der Waals surface area (Å²) in [4.78, 5) is 10.5. The molecule has 4 heteroatoms. The number of benzene rings is 1. The smallest absolute Gasteiger partial charge is 0.254 e. The minimum Gasteiger partial charge on any atom is -0.398 e. The number of hydrogen-bond acceptors (Lipinski definition) is 2. The van der Waals surface area contributed by atoms with Crippen molar-refractivity contribution in [2.45, 2.75) is 0 Å². The fourth-order valence-electron chi connectivity index (χ4n) is 0.713. The number of halogens is 2. The minimum absolute atomic E-state index is 0.0602. The molecule has 11 heavy (non-hydrogen) atoms. The van der Waals surface area contributed by atoms with Gasteiger partial charge in [-0.25, -0.2) is 4.39 Å². The molecule has 0 fully saturated rings. The van der Waals surface area contributed by atoms with Crippen LogP contribution in [0.3, 0.4) is 0 Å². The molecule has 2 nitrogen and oxygen atoms in total. The van der Waals surface area contributed by atoms with E-state index < -0.39 is 11.1 Å². The summed E-state index contributed by atoms with van der Waals surface area (Å²) in [7, 11) is 0. The van der Waals surface area contributed by atoms with Crippen LogP contribution in [0.1, 0.15) is 10.4 Å². The van der Waals surface area contributed by atoms with Crippen molar-refractivity contribution in [3.05, 3.63) is 29.6 Å². The maximum Gasteiger partial charge on any atom is 0.254 e. The van der Waals surface area contributed by atoms with Crippen LogP contribution in [0.25, 0.3) is 0 Å². The molecule has 2 N–H and O–H groups in total. The molecule has 0 radical (unpaired) electrons. The van der Waals surface area contributed by atoms with Gasteiger partial charge in [0.2, 0.25) is 0 Å². The molecule has 0 unspecified atom stereocenters. The van der Waals surface area contributed by atoms with Crippen molar-refractivity contribution in [1.29, 1.82) is 0 Å². The van der Waals surface area contributed by atoms with Gasteiger partial charge >= 0.3 is 0 Å². The Labute approximate surface area is 67.8 Å². The lowest BCUT2D eigenvalue weighted by atomic mass is 10.2. The summed E-state index contributed by atoms with van der Waals surface area (Å²) in [6, 6.07) is 3.43. The van der Waals surface area contributed by atoms with Gasteiger partial charge in [-0.1, -0.05) is 0 Å². The van der Waals surface area contributed by atoms with Crippen molar-refractivity contribution in [1.82, 2.24) is 0 Å². The molecule has 1 rings (SSSR count). The van der Waals surface area contributed by atoms with Crippen LogP contribution in [0.5, 0.6) is 0 Å². The maximum absolute atomic E-state index is 12.4. The van der Waals surface area contributed by atoms with E-state index in [4.69, 9.17) is 17.3 Å². The van der Waals surface area contributed by atoms with Crippen molar-refractivity contribution in [2.75, 3.05) is 5.73 Å². The lowest BCUT2D eigenvalue weighted by Crippen LogP contribution is -1.97. The fourth-order valence-corrected chi connectivity index (χ4v) is 0.885. The first-order chi connectivity index (χ1) is 5.11. The number of carbonyl (C=O) groups excluding carboxylic acids is 1. The van der Waals surface area contributed by atoms with Crippen LogP contribution in [-0.2, 0) is 0 Å². The van der Waals surface area contributed by atoms with Gasteiger partial charge in [0.1, 0.15) is 5.82 Å². The summed E-state index contributed by atoms with van der Waals surface area (Å²) >= 11 is 5.12. The SMILES string of the molecule is Nc1cc(F)ccc1C(=O)Cl. The highest BCUT2D eigenvalue weighted by molar-refractivity contribution is 6.68. The summed E-state index contributed by atoms with van der Waals surface area (Å²) in [6.07, 6.45) is 0. The number of nitrogen functional groups attached to an aromatic ring is 1. The van der Waals surface area contributed by atoms with Gasteiger partial charge in [0.05, 0.1) is 5.56 Å². The Kier molecular flexibility index (Phi) is 2.10. The van der Waals surface area contributed by atoms with Gasteiger partial charge in [-0.15, -0.1) is 0 Å². The number of hydrogen-bond donors (Lipinski definition) is 1. The predicted molar refractivity (Wildman–Crippen MR) is 41.0 cm³/mol. The maximum atomic E-state index is 12.4. The molecule has 0 atom stereocenters. The molecule has 0 aliphatic heterocycles. The van der Waals surface area contributed by atoms with E-state index in [-0.39, 0.29) is 11.3 Å². The average molecular weight is 174 g/mol. The lowest BCUT2D eigenvalue weighted by Gasteiger charge is -1.98. The standard InChI is InChI=1S/C7H5ClFNO/c8-7(11)5-2-1-4(9)3-6(5)10/h1-3H,10H2. The predicted octanol–water partition coefficient (Wildman–Crippen LogP) is 1.79. The van der Waals surface area contributed by atoms with Crippen LogP contribution in [0.4, 0.5) is 10.1 Å². The van der Waals surface area contributed by atoms with Gasteiger partial charge < -0.3 is 5.73 Å². The molecular weight excluding hydrogens is 169 g/mol. The van der Waals surface area contributed by atoms with Gasteiger partial charge in [0.25, 0.3) is 5.24 Å².